The van der Waals surface area contributed by atoms with Gasteiger partial charge in [-0.1, -0.05) is 6.92 Å². The third-order valence-electron chi connectivity index (χ3n) is 4.94. The number of likely N-dealkylation sites (tertiary alicyclic amines) is 1. The number of piperidine rings is 1. The normalized spacial score (nSPS) is 22.1. The first-order chi connectivity index (χ1) is 11.2. The summed E-state index contributed by atoms with van der Waals surface area (Å²) < 4.78 is 2.15. The monoisotopic (exact) mass is 312 g/mol. The molecule has 1 saturated heterocycles. The fraction of sp³-hybridized carbons (Fsp3) is 0.438. The zero-order chi connectivity index (χ0) is 16.0. The maximum absolute atomic E-state index is 12.0. The molecule has 1 aliphatic rings. The van der Waals surface area contributed by atoms with Crippen LogP contribution in [0.15, 0.2) is 24.7 Å². The average molecular weight is 312 g/mol. The number of nitrogens with one attached hydrogen (secondary N) is 1. The van der Waals surface area contributed by atoms with Crippen molar-refractivity contribution in [2.45, 2.75) is 19.3 Å². The second kappa shape index (κ2) is 5.34. The van der Waals surface area contributed by atoms with E-state index in [0.717, 1.165) is 35.5 Å². The third kappa shape index (κ3) is 2.19. The second-order valence-corrected chi connectivity index (χ2v) is 6.26. The number of nitrogens with two attached hydrogens (primary N) is 1. The van der Waals surface area contributed by atoms with Crippen molar-refractivity contribution >= 4 is 22.7 Å². The highest BCUT2D eigenvalue weighted by atomic mass is 16.2. The van der Waals surface area contributed by atoms with E-state index < -0.39 is 0 Å². The van der Waals surface area contributed by atoms with Crippen LogP contribution in [0.5, 0.6) is 0 Å². The van der Waals surface area contributed by atoms with Gasteiger partial charge in [0.05, 0.1) is 18.3 Å². The number of hydrogen-bond donors (Lipinski definition) is 2. The molecule has 0 spiro atoms. The van der Waals surface area contributed by atoms with Crippen molar-refractivity contribution in [2.75, 3.05) is 19.6 Å². The highest BCUT2D eigenvalue weighted by molar-refractivity contribution is 5.78. The Morgan fingerprint density at radius 2 is 2.30 bits per heavy atom. The summed E-state index contributed by atoms with van der Waals surface area (Å²) in [4.78, 5) is 25.9. The SMILES string of the molecule is C[C@@H]1CCN(C(=O)CN)C[C@@H]1c1cnc2cnc3[nH]ccc3n12. The van der Waals surface area contributed by atoms with E-state index in [1.165, 1.54) is 0 Å². The molecule has 0 aromatic carbocycles. The fourth-order valence-corrected chi connectivity index (χ4v) is 3.56. The van der Waals surface area contributed by atoms with Gasteiger partial charge in [0.25, 0.3) is 0 Å². The number of amides is 1. The number of aromatic amines is 1. The van der Waals surface area contributed by atoms with E-state index in [9.17, 15) is 4.79 Å². The summed E-state index contributed by atoms with van der Waals surface area (Å²) in [5, 5.41) is 0. The zero-order valence-corrected chi connectivity index (χ0v) is 13.1. The van der Waals surface area contributed by atoms with Gasteiger partial charge < -0.3 is 15.6 Å². The van der Waals surface area contributed by atoms with Crippen LogP contribution in [0.3, 0.4) is 0 Å². The van der Waals surface area contributed by atoms with E-state index in [0.29, 0.717) is 12.5 Å². The summed E-state index contributed by atoms with van der Waals surface area (Å²) >= 11 is 0. The first kappa shape index (κ1) is 14.2. The van der Waals surface area contributed by atoms with E-state index >= 15 is 0 Å². The Morgan fingerprint density at radius 1 is 1.43 bits per heavy atom. The van der Waals surface area contributed by atoms with Crippen molar-refractivity contribution in [2.24, 2.45) is 11.7 Å². The van der Waals surface area contributed by atoms with Crippen LogP contribution in [-0.2, 0) is 4.79 Å². The molecule has 0 unspecified atom stereocenters. The summed E-state index contributed by atoms with van der Waals surface area (Å²) in [6.45, 7) is 3.79. The molecule has 1 amide bonds. The van der Waals surface area contributed by atoms with E-state index in [4.69, 9.17) is 5.73 Å². The number of H-pyrrole nitrogens is 1. The molecule has 4 heterocycles. The molecule has 2 atom stereocenters. The first-order valence-corrected chi connectivity index (χ1v) is 7.96. The Bertz CT molecular complexity index is 866. The van der Waals surface area contributed by atoms with E-state index in [1.807, 2.05) is 23.4 Å². The summed E-state index contributed by atoms with van der Waals surface area (Å²) in [6, 6.07) is 2.01. The standard InChI is InChI=1S/C16H20N6O/c1-10-3-5-21(15(23)6-17)9-11(10)13-7-19-14-8-20-16-12(22(13)14)2-4-18-16/h2,4,7-8,10-11,18H,3,5-6,9,17H2,1H3/t10-,11+/m1/s1. The lowest BCUT2D eigenvalue weighted by Crippen LogP contribution is -2.44. The lowest BCUT2D eigenvalue weighted by atomic mass is 9.85. The predicted molar refractivity (Wildman–Crippen MR) is 87.0 cm³/mol. The molecule has 4 rings (SSSR count). The highest BCUT2D eigenvalue weighted by Gasteiger charge is 2.31. The number of nitrogens with zero attached hydrogens (tertiary/aromatic N) is 4. The second-order valence-electron chi connectivity index (χ2n) is 6.26. The molecule has 3 aromatic heterocycles. The number of imidazole rings is 1. The van der Waals surface area contributed by atoms with Crippen LogP contribution in [0.2, 0.25) is 0 Å². The number of carbonyl (C=O) groups is 1. The van der Waals surface area contributed by atoms with Crippen molar-refractivity contribution in [1.29, 1.82) is 0 Å². The van der Waals surface area contributed by atoms with Gasteiger partial charge in [-0.15, -0.1) is 0 Å². The summed E-state index contributed by atoms with van der Waals surface area (Å²) in [5.41, 5.74) is 9.36. The van der Waals surface area contributed by atoms with Crippen LogP contribution in [0, 0.1) is 5.92 Å². The molecule has 3 N–H and O–H groups in total. The number of fused-ring (bicyclic) bond motifs is 3. The van der Waals surface area contributed by atoms with Crippen molar-refractivity contribution < 1.29 is 4.79 Å². The summed E-state index contributed by atoms with van der Waals surface area (Å²) in [7, 11) is 0. The predicted octanol–water partition coefficient (Wildman–Crippen LogP) is 1.12. The molecule has 0 bridgehead atoms. The highest BCUT2D eigenvalue weighted by Crippen LogP contribution is 2.33. The molecule has 23 heavy (non-hydrogen) atoms. The van der Waals surface area contributed by atoms with Crippen molar-refractivity contribution in [1.82, 2.24) is 24.3 Å². The minimum Gasteiger partial charge on any atom is -0.345 e. The quantitative estimate of drug-likeness (QED) is 0.741. The Hall–Kier alpha value is -2.41. The zero-order valence-electron chi connectivity index (χ0n) is 13.1. The molecule has 1 fully saturated rings. The Labute approximate surface area is 133 Å². The van der Waals surface area contributed by atoms with Crippen LogP contribution >= 0.6 is 0 Å². The molecule has 0 aliphatic carbocycles. The van der Waals surface area contributed by atoms with Crippen LogP contribution < -0.4 is 5.73 Å². The molecule has 0 radical (unpaired) electrons. The molecular formula is C16H20N6O. The third-order valence-corrected chi connectivity index (χ3v) is 4.94. The van der Waals surface area contributed by atoms with Crippen molar-refractivity contribution in [3.05, 3.63) is 30.4 Å². The van der Waals surface area contributed by atoms with Gasteiger partial charge in [0.1, 0.15) is 0 Å². The molecule has 7 heteroatoms. The number of aromatic nitrogens is 4. The van der Waals surface area contributed by atoms with Gasteiger partial charge in [-0.05, 0) is 18.4 Å². The lowest BCUT2D eigenvalue weighted by molar-refractivity contribution is -0.131. The molecule has 0 saturated carbocycles. The first-order valence-electron chi connectivity index (χ1n) is 7.96. The van der Waals surface area contributed by atoms with Gasteiger partial charge in [0.15, 0.2) is 11.3 Å². The smallest absolute Gasteiger partial charge is 0.236 e. The largest absolute Gasteiger partial charge is 0.345 e. The molecule has 1 aliphatic heterocycles. The number of hydrogen-bond acceptors (Lipinski definition) is 4. The van der Waals surface area contributed by atoms with Crippen LogP contribution in [-0.4, -0.2) is 49.8 Å². The van der Waals surface area contributed by atoms with E-state index in [1.54, 1.807) is 6.20 Å². The van der Waals surface area contributed by atoms with Crippen molar-refractivity contribution in [3.63, 3.8) is 0 Å². The maximum atomic E-state index is 12.0. The van der Waals surface area contributed by atoms with Gasteiger partial charge in [-0.2, -0.15) is 0 Å². The average Bonchev–Trinajstić information content (AvgIpc) is 3.20. The van der Waals surface area contributed by atoms with Gasteiger partial charge >= 0.3 is 0 Å². The maximum Gasteiger partial charge on any atom is 0.236 e. The number of rotatable bonds is 2. The molecular weight excluding hydrogens is 292 g/mol. The van der Waals surface area contributed by atoms with E-state index in [-0.39, 0.29) is 18.4 Å². The van der Waals surface area contributed by atoms with Crippen molar-refractivity contribution in [3.8, 4) is 0 Å². The number of carbonyl (C=O) groups excluding carboxylic acids is 1. The lowest BCUT2D eigenvalue weighted by Gasteiger charge is -2.36. The molecule has 120 valence electrons. The van der Waals surface area contributed by atoms with Gasteiger partial charge in [0.2, 0.25) is 5.91 Å². The van der Waals surface area contributed by atoms with Crippen LogP contribution in [0.4, 0.5) is 0 Å². The van der Waals surface area contributed by atoms with Crippen LogP contribution in [0.25, 0.3) is 16.8 Å². The minimum atomic E-state index is 0.0178. The van der Waals surface area contributed by atoms with E-state index in [2.05, 4.69) is 26.3 Å². The topological polar surface area (TPSA) is 92.3 Å². The Kier molecular flexibility index (Phi) is 3.30. The molecule has 3 aromatic rings. The fourth-order valence-electron chi connectivity index (χ4n) is 3.56. The van der Waals surface area contributed by atoms with Gasteiger partial charge in [-0.3, -0.25) is 9.20 Å². The summed E-state index contributed by atoms with van der Waals surface area (Å²) in [5.74, 6) is 0.748. The van der Waals surface area contributed by atoms with Crippen LogP contribution in [0.1, 0.15) is 25.0 Å². The minimum absolute atomic E-state index is 0.0178. The van der Waals surface area contributed by atoms with Gasteiger partial charge in [-0.25, -0.2) is 9.97 Å². The van der Waals surface area contributed by atoms with Gasteiger partial charge in [0, 0.05) is 37.1 Å². The molecule has 7 nitrogen and oxygen atoms in total. The summed E-state index contributed by atoms with van der Waals surface area (Å²) in [6.07, 6.45) is 6.56. The Morgan fingerprint density at radius 3 is 3.13 bits per heavy atom. The Balaban J connectivity index is 1.80.